The molecule has 364 valence electrons. The van der Waals surface area contributed by atoms with Crippen molar-refractivity contribution in [3.63, 3.8) is 0 Å². The first-order valence-electron chi connectivity index (χ1n) is 24.2. The van der Waals surface area contributed by atoms with Crippen LogP contribution in [0.2, 0.25) is 0 Å². The first-order chi connectivity index (χ1) is 31.4. The summed E-state index contributed by atoms with van der Waals surface area (Å²) in [6.07, 6.45) is 17.1. The van der Waals surface area contributed by atoms with Crippen LogP contribution in [-0.2, 0) is 35.9 Å². The molecular formula is C54H73ClN3O7S2+. The molecule has 1 aliphatic carbocycles. The van der Waals surface area contributed by atoms with Crippen molar-refractivity contribution in [3.05, 3.63) is 112 Å². The minimum atomic E-state index is -4.16. The van der Waals surface area contributed by atoms with Crippen molar-refractivity contribution in [2.45, 2.75) is 137 Å². The van der Waals surface area contributed by atoms with E-state index >= 15 is 0 Å². The molecule has 67 heavy (non-hydrogen) atoms. The first-order valence-corrected chi connectivity index (χ1v) is 27.8. The molecule has 3 aromatic carbocycles. The maximum absolute atomic E-state index is 12.7. The van der Waals surface area contributed by atoms with Crippen LogP contribution in [0.4, 0.5) is 17.1 Å². The van der Waals surface area contributed by atoms with Gasteiger partial charge < -0.3 is 9.80 Å². The molecule has 0 unspecified atom stereocenters. The number of fused-ring (bicyclic) bond motifs is 4. The number of anilines is 2. The lowest BCUT2D eigenvalue weighted by molar-refractivity contribution is -0.438. The number of nitrogens with zero attached hydrogens (tertiary/aromatic N) is 3. The van der Waals surface area contributed by atoms with E-state index in [4.69, 9.17) is 11.6 Å². The predicted octanol–water partition coefficient (Wildman–Crippen LogP) is 12.4. The molecule has 13 heteroatoms. The molecule has 0 fully saturated rings. The molecule has 0 bridgehead atoms. The Hall–Kier alpha value is -4.07. The fraction of sp³-hybridized carbons (Fsp3) is 0.519. The van der Waals surface area contributed by atoms with Crippen LogP contribution >= 0.6 is 11.6 Å². The Labute approximate surface area is 406 Å². The molecule has 3 aromatic rings. The van der Waals surface area contributed by atoms with Gasteiger partial charge in [-0.2, -0.15) is 21.4 Å². The van der Waals surface area contributed by atoms with Crippen molar-refractivity contribution in [3.8, 4) is 0 Å². The number of rotatable bonds is 21. The number of hydrogen-bond acceptors (Lipinski definition) is 7. The normalized spacial score (nSPS) is 18.5. The van der Waals surface area contributed by atoms with Crippen LogP contribution < -0.4 is 9.80 Å². The number of allylic oxidation sites excluding steroid dienone is 8. The van der Waals surface area contributed by atoms with E-state index in [1.807, 2.05) is 32.9 Å². The summed E-state index contributed by atoms with van der Waals surface area (Å²) in [5.74, 6) is -0.363. The number of carbonyl (C=O) groups is 1. The van der Waals surface area contributed by atoms with Crippen molar-refractivity contribution in [1.29, 1.82) is 0 Å². The van der Waals surface area contributed by atoms with Crippen molar-refractivity contribution in [1.82, 2.24) is 0 Å². The summed E-state index contributed by atoms with van der Waals surface area (Å²) in [6.45, 7) is 19.4. The Kier molecular flexibility index (Phi) is 16.6. The second kappa shape index (κ2) is 21.3. The van der Waals surface area contributed by atoms with Crippen LogP contribution in [-0.4, -0.2) is 79.7 Å². The van der Waals surface area contributed by atoms with E-state index < -0.39 is 25.7 Å². The van der Waals surface area contributed by atoms with Gasteiger partial charge in [0.15, 0.2) is 5.71 Å². The zero-order valence-electron chi connectivity index (χ0n) is 41.0. The summed E-state index contributed by atoms with van der Waals surface area (Å²) >= 11 is 7.38. The molecule has 10 nitrogen and oxygen atoms in total. The standard InChI is InChI=1S/C54H72ClN3O7S2/c1-9-10-32-56(33-17-36-66(60,61)62)42-27-29-45-44(38-42)53(5,6)47(57(45)35-18-37-67(63,64)65)30-25-40-20-16-21-41(51(40)55)26-31-48-54(7,8)50-43-22-14-13-19-39(43)24-28-46(50)58(48)34-15-11-12-23-49(59)52(2,3)4/h13-14,19,22,24-31,38H,9-12,15-18,20-21,23,32-37H2,1-8H3,(H-,60,61,62,63,64,65)/p+1. The molecule has 0 aromatic heterocycles. The van der Waals surface area contributed by atoms with Gasteiger partial charge in [0.2, 0.25) is 5.69 Å². The van der Waals surface area contributed by atoms with Gasteiger partial charge in [-0.25, -0.2) is 0 Å². The summed E-state index contributed by atoms with van der Waals surface area (Å²) in [6, 6.07) is 19.3. The van der Waals surface area contributed by atoms with E-state index in [9.17, 15) is 30.7 Å². The summed E-state index contributed by atoms with van der Waals surface area (Å²) in [7, 11) is -8.25. The van der Waals surface area contributed by atoms with Gasteiger partial charge in [0.25, 0.3) is 20.2 Å². The van der Waals surface area contributed by atoms with Gasteiger partial charge in [0.05, 0.1) is 16.9 Å². The lowest BCUT2D eigenvalue weighted by Gasteiger charge is -2.27. The van der Waals surface area contributed by atoms with E-state index in [1.54, 1.807) is 0 Å². The van der Waals surface area contributed by atoms with Crippen LogP contribution in [0, 0.1) is 5.41 Å². The minimum Gasteiger partial charge on any atom is -0.371 e. The molecule has 2 aliphatic heterocycles. The van der Waals surface area contributed by atoms with E-state index in [2.05, 4.69) is 116 Å². The van der Waals surface area contributed by atoms with Crippen LogP contribution in [0.15, 0.2) is 101 Å². The molecule has 0 saturated carbocycles. The lowest BCUT2D eigenvalue weighted by Crippen LogP contribution is -2.28. The Morgan fingerprint density at radius 1 is 0.836 bits per heavy atom. The zero-order valence-corrected chi connectivity index (χ0v) is 43.4. The summed E-state index contributed by atoms with van der Waals surface area (Å²) in [5, 5.41) is 3.21. The fourth-order valence-corrected chi connectivity index (χ4v) is 11.4. The lowest BCUT2D eigenvalue weighted by atomic mass is 9.79. The number of hydrogen-bond donors (Lipinski definition) is 2. The molecule has 6 rings (SSSR count). The summed E-state index contributed by atoms with van der Waals surface area (Å²) in [4.78, 5) is 17.0. The minimum absolute atomic E-state index is 0.223. The van der Waals surface area contributed by atoms with Crippen molar-refractivity contribution in [2.75, 3.05) is 47.5 Å². The highest BCUT2D eigenvalue weighted by atomic mass is 35.5. The van der Waals surface area contributed by atoms with Crippen LogP contribution in [0.5, 0.6) is 0 Å². The second-order valence-electron chi connectivity index (χ2n) is 20.7. The first kappa shape index (κ1) is 52.3. The third kappa shape index (κ3) is 12.6. The average molecular weight is 976 g/mol. The van der Waals surface area contributed by atoms with Crippen molar-refractivity contribution >= 4 is 71.2 Å². The van der Waals surface area contributed by atoms with E-state index in [0.717, 1.165) is 103 Å². The Bertz CT molecular complexity index is 2720. The third-order valence-electron chi connectivity index (χ3n) is 13.9. The molecule has 0 amide bonds. The molecule has 3 aliphatic rings. The van der Waals surface area contributed by atoms with Gasteiger partial charge in [-0.15, -0.1) is 0 Å². The number of carbonyl (C=O) groups excluding carboxylic acids is 1. The smallest absolute Gasteiger partial charge is 0.264 e. The number of Topliss-reactive ketones (excluding diaryl/α,β-unsaturated/α-hetero) is 1. The fourth-order valence-electron chi connectivity index (χ4n) is 10.1. The molecule has 0 atom stereocenters. The van der Waals surface area contributed by atoms with Crippen molar-refractivity contribution < 1.29 is 35.3 Å². The Morgan fingerprint density at radius 3 is 2.24 bits per heavy atom. The van der Waals surface area contributed by atoms with Gasteiger partial charge in [-0.05, 0) is 123 Å². The Morgan fingerprint density at radius 2 is 1.54 bits per heavy atom. The largest absolute Gasteiger partial charge is 0.371 e. The molecule has 0 saturated heterocycles. The van der Waals surface area contributed by atoms with Crippen LogP contribution in [0.1, 0.15) is 137 Å². The van der Waals surface area contributed by atoms with Gasteiger partial charge in [-0.3, -0.25) is 13.9 Å². The van der Waals surface area contributed by atoms with Gasteiger partial charge in [0.1, 0.15) is 12.3 Å². The van der Waals surface area contributed by atoms with Crippen LogP contribution in [0.25, 0.3) is 10.8 Å². The summed E-state index contributed by atoms with van der Waals surface area (Å²) in [5.41, 5.74) is 8.70. The molecule has 2 heterocycles. The summed E-state index contributed by atoms with van der Waals surface area (Å²) < 4.78 is 68.3. The monoisotopic (exact) mass is 974 g/mol. The highest BCUT2D eigenvalue weighted by Crippen LogP contribution is 2.50. The molecule has 2 N–H and O–H groups in total. The third-order valence-corrected chi connectivity index (χ3v) is 15.9. The number of unbranched alkanes of at least 4 members (excludes halogenated alkanes) is 3. The SMILES string of the molecule is CCCCN(CCCS(=O)(=O)O)c1ccc2c(c1)C(C)(C)C(=CC=C1CCCC(C=CC3=[N+](CCCCCC(=O)C(C)(C)C)c4ccc5ccccc5c4C3(C)C)=C1Cl)N2CCCS(=O)(=O)O. The van der Waals surface area contributed by atoms with E-state index in [1.165, 1.54) is 27.7 Å². The topological polar surface area (TPSA) is 135 Å². The molecule has 0 radical (unpaired) electrons. The Balaban J connectivity index is 1.33. The van der Waals surface area contributed by atoms with Gasteiger partial charge >= 0.3 is 0 Å². The van der Waals surface area contributed by atoms with E-state index in [0.29, 0.717) is 25.3 Å². The molecule has 0 spiro atoms. The van der Waals surface area contributed by atoms with Gasteiger partial charge in [0, 0.05) is 83.1 Å². The maximum Gasteiger partial charge on any atom is 0.264 e. The highest BCUT2D eigenvalue weighted by molar-refractivity contribution is 7.86. The average Bonchev–Trinajstić information content (AvgIpc) is 3.60. The van der Waals surface area contributed by atoms with Crippen LogP contribution in [0.3, 0.4) is 0 Å². The maximum atomic E-state index is 12.7. The quantitative estimate of drug-likeness (QED) is 0.0607. The van der Waals surface area contributed by atoms with Crippen molar-refractivity contribution in [2.24, 2.45) is 5.41 Å². The zero-order chi connectivity index (χ0) is 49.0. The highest BCUT2D eigenvalue weighted by Gasteiger charge is 2.45. The second-order valence-corrected chi connectivity index (χ2v) is 24.2. The van der Waals surface area contributed by atoms with E-state index in [-0.39, 0.29) is 35.2 Å². The predicted molar refractivity (Wildman–Crippen MR) is 278 cm³/mol. The number of halogens is 1. The van der Waals surface area contributed by atoms with Gasteiger partial charge in [-0.1, -0.05) is 96.0 Å². The number of benzene rings is 3. The molecular weight excluding hydrogens is 902 g/mol. The number of ketones is 1.